The first-order valence-corrected chi connectivity index (χ1v) is 6.42. The Morgan fingerprint density at radius 3 is 2.06 bits per heavy atom. The van der Waals surface area contributed by atoms with Gasteiger partial charge in [-0.2, -0.15) is 0 Å². The molecule has 1 heteroatoms. The average Bonchev–Trinajstić information content (AvgIpc) is 2.45. The normalized spacial score (nSPS) is 10.4. The second-order valence-corrected chi connectivity index (χ2v) is 4.31. The molecule has 0 atom stereocenters. The summed E-state index contributed by atoms with van der Waals surface area (Å²) in [5.41, 5.74) is 2.60. The predicted octanol–water partition coefficient (Wildman–Crippen LogP) is 4.04. The maximum absolute atomic E-state index is 5.63. The van der Waals surface area contributed by atoms with Gasteiger partial charge in [-0.15, -0.1) is 0 Å². The van der Waals surface area contributed by atoms with Gasteiger partial charge in [0.05, 0.1) is 6.61 Å². The summed E-state index contributed by atoms with van der Waals surface area (Å²) in [7, 11) is 0. The Morgan fingerprint density at radius 1 is 0.778 bits per heavy atom. The molecule has 0 spiro atoms. The summed E-state index contributed by atoms with van der Waals surface area (Å²) in [4.78, 5) is 0. The molecule has 0 unspecified atom stereocenters. The summed E-state index contributed by atoms with van der Waals surface area (Å²) in [6, 6.07) is 20.8. The lowest BCUT2D eigenvalue weighted by atomic mass is 10.1. The van der Waals surface area contributed by atoms with Gasteiger partial charge in [-0.1, -0.05) is 60.7 Å². The third-order valence-corrected chi connectivity index (χ3v) is 2.80. The largest absolute Gasteiger partial charge is 0.377 e. The maximum atomic E-state index is 5.63. The summed E-state index contributed by atoms with van der Waals surface area (Å²) in [5.74, 6) is 0. The molecule has 0 bridgehead atoms. The van der Waals surface area contributed by atoms with Gasteiger partial charge in [0.15, 0.2) is 0 Å². The van der Waals surface area contributed by atoms with Gasteiger partial charge >= 0.3 is 0 Å². The highest BCUT2D eigenvalue weighted by Crippen LogP contribution is 2.05. The van der Waals surface area contributed by atoms with Crippen molar-refractivity contribution in [2.75, 3.05) is 6.61 Å². The molecule has 0 amide bonds. The number of rotatable bonds is 7. The summed E-state index contributed by atoms with van der Waals surface area (Å²) in [6.07, 6.45) is 4.30. The van der Waals surface area contributed by atoms with Crippen LogP contribution in [0.4, 0.5) is 0 Å². The summed E-state index contributed by atoms with van der Waals surface area (Å²) in [6.45, 7) is 1.50. The molecule has 0 saturated heterocycles. The Labute approximate surface area is 109 Å². The molecule has 0 N–H and O–H groups in total. The lowest BCUT2D eigenvalue weighted by Crippen LogP contribution is -1.97. The average molecular weight is 239 g/mol. The molecule has 0 aromatic heterocycles. The first-order chi connectivity index (χ1) is 8.95. The van der Waals surface area contributed by atoms with E-state index >= 15 is 0 Å². The van der Waals surface area contributed by atoms with Crippen LogP contribution >= 0.6 is 0 Å². The third-order valence-electron chi connectivity index (χ3n) is 2.80. The molecule has 1 nitrogen and oxygen atoms in total. The van der Waals surface area contributed by atoms with Crippen molar-refractivity contribution in [1.29, 1.82) is 0 Å². The van der Waals surface area contributed by atoms with Crippen LogP contribution < -0.4 is 0 Å². The maximum Gasteiger partial charge on any atom is 0.0716 e. The quantitative estimate of drug-likeness (QED) is 0.663. The smallest absolute Gasteiger partial charge is 0.0716 e. The van der Waals surface area contributed by atoms with Crippen LogP contribution in [0.2, 0.25) is 0 Å². The van der Waals surface area contributed by atoms with E-state index in [9.17, 15) is 0 Å². The first-order valence-electron chi connectivity index (χ1n) is 6.42. The Balaban J connectivity index is 1.54. The van der Waals surface area contributed by atoms with Gasteiger partial charge in [-0.3, -0.25) is 0 Å². The molecule has 0 fully saturated rings. The van der Waals surface area contributed by atoms with Crippen LogP contribution in [0.1, 0.15) is 17.5 Å². The molecular weight excluding hydrogens is 220 g/mol. The molecule has 2 rings (SSSR count). The molecule has 2 aromatic carbocycles. The number of hydrogen-bond acceptors (Lipinski definition) is 1. The lowest BCUT2D eigenvalue weighted by Gasteiger charge is -2.04. The molecule has 0 saturated carbocycles. The van der Waals surface area contributed by atoms with Crippen molar-refractivity contribution in [3.63, 3.8) is 0 Å². The molecule has 2 aromatic rings. The van der Waals surface area contributed by atoms with Gasteiger partial charge in [0.2, 0.25) is 0 Å². The van der Waals surface area contributed by atoms with Gasteiger partial charge in [-0.05, 0) is 30.4 Å². The topological polar surface area (TPSA) is 9.23 Å². The number of ether oxygens (including phenoxy) is 1. The van der Waals surface area contributed by atoms with Crippen molar-refractivity contribution >= 4 is 0 Å². The molecule has 0 aliphatic rings. The Hall–Kier alpha value is -1.60. The highest BCUT2D eigenvalue weighted by atomic mass is 16.5. The second kappa shape index (κ2) is 7.67. The zero-order chi connectivity index (χ0) is 12.5. The summed E-state index contributed by atoms with van der Waals surface area (Å²) in [5, 5.41) is 0. The fourth-order valence-electron chi connectivity index (χ4n) is 1.81. The van der Waals surface area contributed by atoms with E-state index in [0.717, 1.165) is 19.4 Å². The highest BCUT2D eigenvalue weighted by Gasteiger charge is 1.94. The van der Waals surface area contributed by atoms with Gasteiger partial charge < -0.3 is 4.74 Å². The van der Waals surface area contributed by atoms with E-state index in [1.807, 2.05) is 24.3 Å². The highest BCUT2D eigenvalue weighted by molar-refractivity contribution is 5.16. The van der Waals surface area contributed by atoms with Crippen LogP contribution in [-0.2, 0) is 17.8 Å². The predicted molar refractivity (Wildman–Crippen MR) is 75.2 cm³/mol. The standard InChI is InChI=1S/C17H19O/c1-3-9-16(10-4-1)11-7-8-14-18-15-17-12-5-2-6-13-17/h1-7,9-10,12-13H,8,11,14-15H2. The zero-order valence-electron chi connectivity index (χ0n) is 10.6. The Bertz CT molecular complexity index is 378. The minimum atomic E-state index is 0.708. The minimum Gasteiger partial charge on any atom is -0.377 e. The molecule has 0 aliphatic carbocycles. The zero-order valence-corrected chi connectivity index (χ0v) is 10.6. The molecule has 0 aliphatic heterocycles. The summed E-state index contributed by atoms with van der Waals surface area (Å²) < 4.78 is 5.63. The van der Waals surface area contributed by atoms with Gasteiger partial charge in [0.25, 0.3) is 0 Å². The minimum absolute atomic E-state index is 0.708. The molecule has 0 heterocycles. The van der Waals surface area contributed by atoms with Gasteiger partial charge in [0, 0.05) is 6.61 Å². The SMILES string of the molecule is [CH](CCOCc1ccccc1)Cc1ccccc1. The van der Waals surface area contributed by atoms with E-state index in [4.69, 9.17) is 4.74 Å². The number of hydrogen-bond donors (Lipinski definition) is 0. The summed E-state index contributed by atoms with van der Waals surface area (Å²) >= 11 is 0. The molecule has 18 heavy (non-hydrogen) atoms. The van der Waals surface area contributed by atoms with E-state index in [1.54, 1.807) is 0 Å². The first kappa shape index (κ1) is 12.8. The lowest BCUT2D eigenvalue weighted by molar-refractivity contribution is 0.123. The van der Waals surface area contributed by atoms with E-state index in [2.05, 4.69) is 42.8 Å². The van der Waals surface area contributed by atoms with E-state index < -0.39 is 0 Å². The van der Waals surface area contributed by atoms with E-state index in [1.165, 1.54) is 11.1 Å². The Morgan fingerprint density at radius 2 is 1.39 bits per heavy atom. The van der Waals surface area contributed by atoms with Crippen LogP contribution in [-0.4, -0.2) is 6.61 Å². The van der Waals surface area contributed by atoms with Crippen molar-refractivity contribution in [3.05, 3.63) is 78.2 Å². The van der Waals surface area contributed by atoms with Crippen LogP contribution in [0.3, 0.4) is 0 Å². The van der Waals surface area contributed by atoms with Crippen molar-refractivity contribution in [1.82, 2.24) is 0 Å². The van der Waals surface area contributed by atoms with Crippen molar-refractivity contribution in [2.45, 2.75) is 19.4 Å². The van der Waals surface area contributed by atoms with Gasteiger partial charge in [0.1, 0.15) is 0 Å². The Kier molecular flexibility index (Phi) is 5.48. The monoisotopic (exact) mass is 239 g/mol. The van der Waals surface area contributed by atoms with Crippen LogP contribution in [0.25, 0.3) is 0 Å². The number of unbranched alkanes of at least 4 members (excludes halogenated alkanes) is 1. The molecule has 1 radical (unpaired) electrons. The second-order valence-electron chi connectivity index (χ2n) is 4.31. The van der Waals surface area contributed by atoms with E-state index in [-0.39, 0.29) is 0 Å². The van der Waals surface area contributed by atoms with Crippen LogP contribution in [0, 0.1) is 6.42 Å². The van der Waals surface area contributed by atoms with Crippen molar-refractivity contribution < 1.29 is 4.74 Å². The van der Waals surface area contributed by atoms with Crippen molar-refractivity contribution in [3.8, 4) is 0 Å². The molecule has 93 valence electrons. The van der Waals surface area contributed by atoms with Crippen LogP contribution in [0.15, 0.2) is 60.7 Å². The third kappa shape index (κ3) is 4.72. The van der Waals surface area contributed by atoms with Crippen molar-refractivity contribution in [2.24, 2.45) is 0 Å². The van der Waals surface area contributed by atoms with Gasteiger partial charge in [-0.25, -0.2) is 0 Å². The molecular formula is C17H19O. The number of benzene rings is 2. The van der Waals surface area contributed by atoms with Crippen LogP contribution in [0.5, 0.6) is 0 Å². The fourth-order valence-corrected chi connectivity index (χ4v) is 1.81. The van der Waals surface area contributed by atoms with E-state index in [0.29, 0.717) is 6.61 Å². The fraction of sp³-hybridized carbons (Fsp3) is 0.235.